The molecule has 29 heavy (non-hydrogen) atoms. The first kappa shape index (κ1) is 19.7. The summed E-state index contributed by atoms with van der Waals surface area (Å²) in [7, 11) is 0. The Labute approximate surface area is 175 Å². The molecular formula is C22H24ClN3O3. The van der Waals surface area contributed by atoms with Crippen LogP contribution in [0.3, 0.4) is 0 Å². The molecule has 7 heteroatoms. The Hall–Kier alpha value is -2.57. The van der Waals surface area contributed by atoms with E-state index in [1.807, 2.05) is 43.3 Å². The van der Waals surface area contributed by atoms with Crippen molar-refractivity contribution in [3.63, 3.8) is 0 Å². The summed E-state index contributed by atoms with van der Waals surface area (Å²) in [6.45, 7) is 6.72. The van der Waals surface area contributed by atoms with Crippen LogP contribution in [0.1, 0.15) is 18.1 Å². The SMILES string of the molecule is Cc1ccc2c(c1)NC(=O)C(C)(C(=O)N1CCN(Cc3ccccc3Cl)CC1)O2. The van der Waals surface area contributed by atoms with Crippen molar-refractivity contribution < 1.29 is 14.3 Å². The summed E-state index contributed by atoms with van der Waals surface area (Å²) in [5, 5.41) is 3.57. The van der Waals surface area contributed by atoms with Crippen LogP contribution in [0.4, 0.5) is 5.69 Å². The molecule has 2 aromatic carbocycles. The Morgan fingerprint density at radius 2 is 1.90 bits per heavy atom. The Morgan fingerprint density at radius 3 is 2.62 bits per heavy atom. The van der Waals surface area contributed by atoms with Crippen molar-refractivity contribution in [1.82, 2.24) is 9.80 Å². The van der Waals surface area contributed by atoms with Gasteiger partial charge in [-0.15, -0.1) is 0 Å². The highest BCUT2D eigenvalue weighted by molar-refractivity contribution is 6.31. The third-order valence-corrected chi connectivity index (χ3v) is 5.92. The molecular weight excluding hydrogens is 390 g/mol. The predicted octanol–water partition coefficient (Wildman–Crippen LogP) is 3.08. The zero-order valence-corrected chi connectivity index (χ0v) is 17.3. The molecule has 2 aliphatic heterocycles. The maximum absolute atomic E-state index is 13.2. The lowest BCUT2D eigenvalue weighted by Crippen LogP contribution is -2.62. The minimum absolute atomic E-state index is 0.307. The summed E-state index contributed by atoms with van der Waals surface area (Å²) < 4.78 is 5.91. The molecule has 4 rings (SSSR count). The van der Waals surface area contributed by atoms with Gasteiger partial charge in [0.1, 0.15) is 5.75 Å². The zero-order chi connectivity index (χ0) is 20.6. The second-order valence-electron chi connectivity index (χ2n) is 7.75. The number of aryl methyl sites for hydroxylation is 1. The fraction of sp³-hybridized carbons (Fsp3) is 0.364. The Kier molecular flexibility index (Phi) is 5.23. The van der Waals surface area contributed by atoms with Gasteiger partial charge in [0.2, 0.25) is 0 Å². The molecule has 0 radical (unpaired) electrons. The smallest absolute Gasteiger partial charge is 0.278 e. The fourth-order valence-corrected chi connectivity index (χ4v) is 3.95. The van der Waals surface area contributed by atoms with Gasteiger partial charge in [-0.05, 0) is 43.2 Å². The van der Waals surface area contributed by atoms with E-state index in [4.69, 9.17) is 16.3 Å². The number of nitrogens with one attached hydrogen (secondary N) is 1. The van der Waals surface area contributed by atoms with Crippen molar-refractivity contribution in [2.24, 2.45) is 0 Å². The van der Waals surface area contributed by atoms with Crippen LogP contribution in [0.25, 0.3) is 0 Å². The van der Waals surface area contributed by atoms with Crippen LogP contribution in [-0.4, -0.2) is 53.4 Å². The van der Waals surface area contributed by atoms with Crippen molar-refractivity contribution in [3.8, 4) is 5.75 Å². The number of amides is 2. The Balaban J connectivity index is 1.42. The number of carbonyl (C=O) groups is 2. The van der Waals surface area contributed by atoms with Gasteiger partial charge in [-0.2, -0.15) is 0 Å². The van der Waals surface area contributed by atoms with Crippen LogP contribution in [0.2, 0.25) is 5.02 Å². The van der Waals surface area contributed by atoms with Crippen LogP contribution < -0.4 is 10.1 Å². The molecule has 1 unspecified atom stereocenters. The predicted molar refractivity (Wildman–Crippen MR) is 112 cm³/mol. The topological polar surface area (TPSA) is 61.9 Å². The van der Waals surface area contributed by atoms with E-state index in [-0.39, 0.29) is 5.91 Å². The Bertz CT molecular complexity index is 956. The molecule has 2 heterocycles. The summed E-state index contributed by atoms with van der Waals surface area (Å²) in [6, 6.07) is 13.3. The van der Waals surface area contributed by atoms with Crippen molar-refractivity contribution in [2.45, 2.75) is 26.0 Å². The number of nitrogens with zero attached hydrogens (tertiary/aromatic N) is 2. The highest BCUT2D eigenvalue weighted by Crippen LogP contribution is 2.35. The van der Waals surface area contributed by atoms with E-state index in [0.717, 1.165) is 22.7 Å². The van der Waals surface area contributed by atoms with Crippen molar-refractivity contribution >= 4 is 29.1 Å². The fourth-order valence-electron chi connectivity index (χ4n) is 3.76. The maximum atomic E-state index is 13.2. The number of hydrogen-bond acceptors (Lipinski definition) is 4. The first-order chi connectivity index (χ1) is 13.9. The molecule has 1 fully saturated rings. The van der Waals surface area contributed by atoms with Crippen LogP contribution in [0.5, 0.6) is 5.75 Å². The van der Waals surface area contributed by atoms with Gasteiger partial charge in [-0.1, -0.05) is 35.9 Å². The molecule has 6 nitrogen and oxygen atoms in total. The van der Waals surface area contributed by atoms with E-state index >= 15 is 0 Å². The molecule has 0 aromatic heterocycles. The van der Waals surface area contributed by atoms with E-state index in [2.05, 4.69) is 10.2 Å². The van der Waals surface area contributed by atoms with Gasteiger partial charge in [0.05, 0.1) is 5.69 Å². The molecule has 0 bridgehead atoms. The first-order valence-electron chi connectivity index (χ1n) is 9.73. The largest absolute Gasteiger partial charge is 0.466 e. The molecule has 1 N–H and O–H groups in total. The second kappa shape index (κ2) is 7.69. The van der Waals surface area contributed by atoms with Gasteiger partial charge in [0.25, 0.3) is 17.4 Å². The van der Waals surface area contributed by atoms with Crippen molar-refractivity contribution in [3.05, 3.63) is 58.6 Å². The summed E-state index contributed by atoms with van der Waals surface area (Å²) >= 11 is 6.26. The summed E-state index contributed by atoms with van der Waals surface area (Å²) in [5.41, 5.74) is 1.12. The average Bonchev–Trinajstić information content (AvgIpc) is 2.71. The summed E-state index contributed by atoms with van der Waals surface area (Å²) in [6.07, 6.45) is 0. The van der Waals surface area contributed by atoms with Gasteiger partial charge in [-0.3, -0.25) is 14.5 Å². The van der Waals surface area contributed by atoms with Gasteiger partial charge < -0.3 is 15.0 Å². The quantitative estimate of drug-likeness (QED) is 0.785. The first-order valence-corrected chi connectivity index (χ1v) is 10.1. The third-order valence-electron chi connectivity index (χ3n) is 5.55. The molecule has 152 valence electrons. The van der Waals surface area contributed by atoms with E-state index < -0.39 is 11.5 Å². The van der Waals surface area contributed by atoms with Crippen molar-refractivity contribution in [1.29, 1.82) is 0 Å². The van der Waals surface area contributed by atoms with Gasteiger partial charge in [0, 0.05) is 37.7 Å². The molecule has 1 atom stereocenters. The number of fused-ring (bicyclic) bond motifs is 1. The number of carbonyl (C=O) groups excluding carboxylic acids is 2. The number of piperazine rings is 1. The number of anilines is 1. The normalized spacial score (nSPS) is 21.9. The van der Waals surface area contributed by atoms with Crippen molar-refractivity contribution in [2.75, 3.05) is 31.5 Å². The minimum Gasteiger partial charge on any atom is -0.466 e. The van der Waals surface area contributed by atoms with E-state index in [9.17, 15) is 9.59 Å². The standard InChI is InChI=1S/C22H24ClN3O3/c1-15-7-8-19-18(13-15)24-20(27)22(2,29-19)21(28)26-11-9-25(10-12-26)14-16-5-3-4-6-17(16)23/h3-8,13H,9-12,14H2,1-2H3,(H,24,27). The van der Waals surface area contributed by atoms with Gasteiger partial charge in [0.15, 0.2) is 0 Å². The number of ether oxygens (including phenoxy) is 1. The monoisotopic (exact) mass is 413 g/mol. The average molecular weight is 414 g/mol. The van der Waals surface area contributed by atoms with Crippen LogP contribution in [0.15, 0.2) is 42.5 Å². The second-order valence-corrected chi connectivity index (χ2v) is 8.16. The van der Waals surface area contributed by atoms with Crippen LogP contribution in [0, 0.1) is 6.92 Å². The summed E-state index contributed by atoms with van der Waals surface area (Å²) in [5.74, 6) is -0.221. The lowest BCUT2D eigenvalue weighted by Gasteiger charge is -2.40. The highest BCUT2D eigenvalue weighted by Gasteiger charge is 2.49. The molecule has 1 saturated heterocycles. The van der Waals surface area contributed by atoms with Gasteiger partial charge >= 0.3 is 0 Å². The lowest BCUT2D eigenvalue weighted by atomic mass is 9.99. The lowest BCUT2D eigenvalue weighted by molar-refractivity contribution is -0.155. The Morgan fingerprint density at radius 1 is 1.17 bits per heavy atom. The number of halogens is 1. The molecule has 2 aromatic rings. The van der Waals surface area contributed by atoms with Gasteiger partial charge in [-0.25, -0.2) is 0 Å². The van der Waals surface area contributed by atoms with Crippen LogP contribution >= 0.6 is 11.6 Å². The summed E-state index contributed by atoms with van der Waals surface area (Å²) in [4.78, 5) is 29.9. The third kappa shape index (κ3) is 3.82. The van der Waals surface area contributed by atoms with Crippen LogP contribution in [-0.2, 0) is 16.1 Å². The molecule has 2 amide bonds. The number of hydrogen-bond donors (Lipinski definition) is 1. The van der Waals surface area contributed by atoms with E-state index in [1.165, 1.54) is 0 Å². The molecule has 0 aliphatic carbocycles. The molecule has 0 saturated carbocycles. The minimum atomic E-state index is -1.56. The number of rotatable bonds is 3. The molecule has 0 spiro atoms. The highest BCUT2D eigenvalue weighted by atomic mass is 35.5. The maximum Gasteiger partial charge on any atom is 0.278 e. The molecule has 2 aliphatic rings. The number of benzene rings is 2. The van der Waals surface area contributed by atoms with E-state index in [0.29, 0.717) is 37.6 Å². The van der Waals surface area contributed by atoms with E-state index in [1.54, 1.807) is 17.9 Å². The zero-order valence-electron chi connectivity index (χ0n) is 16.6.